The van der Waals surface area contributed by atoms with Gasteiger partial charge in [-0.05, 0) is 56.4 Å². The molecule has 1 N–H and O–H groups in total. The van der Waals surface area contributed by atoms with Gasteiger partial charge in [0.05, 0.1) is 5.69 Å². The lowest BCUT2D eigenvalue weighted by Gasteiger charge is -2.24. The summed E-state index contributed by atoms with van der Waals surface area (Å²) in [5.41, 5.74) is 4.33. The fraction of sp³-hybridized carbons (Fsp3) is 0.385. The van der Waals surface area contributed by atoms with Gasteiger partial charge in [0.2, 0.25) is 0 Å². The van der Waals surface area contributed by atoms with Crippen molar-refractivity contribution in [3.8, 4) is 0 Å². The zero-order chi connectivity index (χ0) is 22.5. The maximum Gasteiger partial charge on any atom is 0.263 e. The van der Waals surface area contributed by atoms with Crippen LogP contribution in [0.3, 0.4) is 0 Å². The van der Waals surface area contributed by atoms with E-state index >= 15 is 0 Å². The molecule has 1 amide bonds. The third-order valence-electron chi connectivity index (χ3n) is 4.90. The van der Waals surface area contributed by atoms with Crippen molar-refractivity contribution < 1.29 is 4.79 Å². The van der Waals surface area contributed by atoms with Crippen LogP contribution in [-0.4, -0.2) is 17.0 Å². The summed E-state index contributed by atoms with van der Waals surface area (Å²) in [7, 11) is 0. The number of fused-ring (bicyclic) bond motifs is 1. The molecule has 0 fully saturated rings. The summed E-state index contributed by atoms with van der Waals surface area (Å²) in [6.07, 6.45) is 14.3. The molecule has 2 heterocycles. The summed E-state index contributed by atoms with van der Waals surface area (Å²) < 4.78 is 1.72. The Kier molecular flexibility index (Phi) is 11.2. The number of rotatable bonds is 7. The van der Waals surface area contributed by atoms with Crippen LogP contribution in [0.4, 0.5) is 0 Å². The number of nitrogens with one attached hydrogen (secondary N) is 1. The lowest BCUT2D eigenvalue weighted by Crippen LogP contribution is -2.35. The molecule has 0 aromatic carbocycles. The van der Waals surface area contributed by atoms with Gasteiger partial charge >= 0.3 is 0 Å². The van der Waals surface area contributed by atoms with Gasteiger partial charge in [-0.2, -0.15) is 0 Å². The van der Waals surface area contributed by atoms with Crippen molar-refractivity contribution in [1.29, 1.82) is 0 Å². The molecule has 0 saturated heterocycles. The summed E-state index contributed by atoms with van der Waals surface area (Å²) in [6.45, 7) is 14.8. The number of carbonyl (C=O) groups is 1. The second kappa shape index (κ2) is 13.4. The minimum Gasteiger partial charge on any atom is -0.352 e. The van der Waals surface area contributed by atoms with E-state index in [1.807, 2.05) is 58.1 Å². The number of carbonyl (C=O) groups excluding carboxylic acids is 1. The molecule has 0 saturated carbocycles. The topological polar surface area (TPSA) is 51.1 Å². The van der Waals surface area contributed by atoms with Crippen LogP contribution in [0.1, 0.15) is 69.9 Å². The van der Waals surface area contributed by atoms with Crippen molar-refractivity contribution in [1.82, 2.24) is 9.88 Å². The predicted molar refractivity (Wildman–Crippen MR) is 129 cm³/mol. The second-order valence-corrected chi connectivity index (χ2v) is 6.64. The second-order valence-electron chi connectivity index (χ2n) is 6.64. The van der Waals surface area contributed by atoms with E-state index in [4.69, 9.17) is 0 Å². The third kappa shape index (κ3) is 6.31. The van der Waals surface area contributed by atoms with E-state index in [0.717, 1.165) is 29.7 Å². The van der Waals surface area contributed by atoms with E-state index in [1.54, 1.807) is 16.7 Å². The first-order chi connectivity index (χ1) is 14.6. The molecule has 2 rings (SSSR count). The lowest BCUT2D eigenvalue weighted by molar-refractivity contribution is 0.0952. The Balaban J connectivity index is 0.00000218. The number of nitrogens with zero attached hydrogens (tertiary/aromatic N) is 1. The van der Waals surface area contributed by atoms with E-state index in [9.17, 15) is 9.59 Å². The van der Waals surface area contributed by atoms with E-state index in [2.05, 4.69) is 24.9 Å². The quantitative estimate of drug-likeness (QED) is 0.577. The summed E-state index contributed by atoms with van der Waals surface area (Å²) in [4.78, 5) is 25.4. The SMILES string of the molecule is C=C/C=C\C(=C/C)CCNC(=O)c1ccc2n(c1=O)CCC(=C/CC)/C2=C\C.CC. The van der Waals surface area contributed by atoms with Gasteiger partial charge in [-0.1, -0.05) is 69.4 Å². The molecule has 0 aliphatic carbocycles. The number of hydrogen-bond donors (Lipinski definition) is 1. The summed E-state index contributed by atoms with van der Waals surface area (Å²) in [6, 6.07) is 3.54. The van der Waals surface area contributed by atoms with Crippen molar-refractivity contribution in [2.75, 3.05) is 6.54 Å². The third-order valence-corrected chi connectivity index (χ3v) is 4.90. The number of amides is 1. The summed E-state index contributed by atoms with van der Waals surface area (Å²) >= 11 is 0. The van der Waals surface area contributed by atoms with Crippen LogP contribution in [0.5, 0.6) is 0 Å². The molecule has 162 valence electrons. The number of pyridine rings is 1. The Labute approximate surface area is 181 Å². The average molecular weight is 409 g/mol. The summed E-state index contributed by atoms with van der Waals surface area (Å²) in [5, 5.41) is 2.86. The van der Waals surface area contributed by atoms with E-state index in [0.29, 0.717) is 19.5 Å². The number of allylic oxidation sites excluding steroid dienone is 8. The van der Waals surface area contributed by atoms with E-state index in [1.165, 1.54) is 5.57 Å². The molecule has 0 atom stereocenters. The molecular formula is C26H36N2O2. The molecule has 1 aliphatic rings. The molecule has 4 nitrogen and oxygen atoms in total. The molecule has 4 heteroatoms. The molecule has 1 aromatic heterocycles. The standard InChI is InChI=1S/C24H30N2O2.C2H6/c1-5-9-11-18(7-3)14-16-25-23(27)21-12-13-22-20(8-4)19(10-6-2)15-17-26(22)24(21)28;1-2/h5,7-13H,1,6,14-17H2,2-4H3,(H,25,27);1-2H3/b11-9-,18-7+,19-10-,20-8+;. The Hall–Kier alpha value is -2.88. The molecule has 0 spiro atoms. The molecule has 1 aromatic rings. The van der Waals surface area contributed by atoms with Gasteiger partial charge in [0.1, 0.15) is 5.56 Å². The monoisotopic (exact) mass is 408 g/mol. The van der Waals surface area contributed by atoms with Crippen LogP contribution in [-0.2, 0) is 6.54 Å². The Morgan fingerprint density at radius 3 is 2.60 bits per heavy atom. The average Bonchev–Trinajstić information content (AvgIpc) is 2.77. The van der Waals surface area contributed by atoms with E-state index in [-0.39, 0.29) is 17.0 Å². The molecular weight excluding hydrogens is 372 g/mol. The van der Waals surface area contributed by atoms with Crippen LogP contribution < -0.4 is 10.9 Å². The van der Waals surface area contributed by atoms with Gasteiger partial charge in [0.25, 0.3) is 11.5 Å². The fourth-order valence-corrected chi connectivity index (χ4v) is 3.46. The largest absolute Gasteiger partial charge is 0.352 e. The molecule has 0 bridgehead atoms. The van der Waals surface area contributed by atoms with Crippen LogP contribution in [0.2, 0.25) is 0 Å². The zero-order valence-corrected chi connectivity index (χ0v) is 19.1. The highest BCUT2D eigenvalue weighted by molar-refractivity contribution is 5.94. The number of aromatic nitrogens is 1. The Morgan fingerprint density at radius 2 is 2.00 bits per heavy atom. The maximum atomic E-state index is 12.9. The fourth-order valence-electron chi connectivity index (χ4n) is 3.46. The summed E-state index contributed by atoms with van der Waals surface area (Å²) in [5.74, 6) is -0.319. The van der Waals surface area contributed by atoms with Gasteiger partial charge in [0, 0.05) is 13.1 Å². The van der Waals surface area contributed by atoms with Crippen molar-refractivity contribution in [3.05, 3.63) is 87.9 Å². The maximum absolute atomic E-state index is 12.9. The highest BCUT2D eigenvalue weighted by atomic mass is 16.2. The van der Waals surface area contributed by atoms with Crippen molar-refractivity contribution in [2.45, 2.75) is 60.4 Å². The minimum atomic E-state index is -0.319. The van der Waals surface area contributed by atoms with E-state index < -0.39 is 0 Å². The lowest BCUT2D eigenvalue weighted by atomic mass is 9.93. The highest BCUT2D eigenvalue weighted by Gasteiger charge is 2.21. The van der Waals surface area contributed by atoms with Crippen LogP contribution in [0.15, 0.2) is 71.1 Å². The van der Waals surface area contributed by atoms with Crippen molar-refractivity contribution in [2.24, 2.45) is 0 Å². The first-order valence-corrected chi connectivity index (χ1v) is 10.9. The van der Waals surface area contributed by atoms with Crippen LogP contribution >= 0.6 is 0 Å². The normalized spacial score (nSPS) is 16.2. The Morgan fingerprint density at radius 1 is 1.27 bits per heavy atom. The van der Waals surface area contributed by atoms with Gasteiger partial charge in [-0.3, -0.25) is 9.59 Å². The van der Waals surface area contributed by atoms with Crippen molar-refractivity contribution in [3.63, 3.8) is 0 Å². The number of hydrogen-bond acceptors (Lipinski definition) is 2. The molecule has 30 heavy (non-hydrogen) atoms. The molecule has 0 unspecified atom stereocenters. The predicted octanol–water partition coefficient (Wildman–Crippen LogP) is 5.83. The smallest absolute Gasteiger partial charge is 0.263 e. The Bertz CT molecular complexity index is 911. The first kappa shape index (κ1) is 25.2. The van der Waals surface area contributed by atoms with Crippen LogP contribution in [0, 0.1) is 0 Å². The molecule has 0 radical (unpaired) electrons. The van der Waals surface area contributed by atoms with Gasteiger partial charge in [-0.15, -0.1) is 0 Å². The van der Waals surface area contributed by atoms with Crippen molar-refractivity contribution >= 4 is 11.5 Å². The van der Waals surface area contributed by atoms with Gasteiger partial charge < -0.3 is 9.88 Å². The first-order valence-electron chi connectivity index (χ1n) is 10.9. The zero-order valence-electron chi connectivity index (χ0n) is 19.1. The van der Waals surface area contributed by atoms with Gasteiger partial charge in [0.15, 0.2) is 0 Å². The van der Waals surface area contributed by atoms with Gasteiger partial charge in [-0.25, -0.2) is 0 Å². The minimum absolute atomic E-state index is 0.200. The highest BCUT2D eigenvalue weighted by Crippen LogP contribution is 2.30. The molecule has 1 aliphatic heterocycles. The van der Waals surface area contributed by atoms with Crippen LogP contribution in [0.25, 0.3) is 5.57 Å².